The predicted molar refractivity (Wildman–Crippen MR) is 86.9 cm³/mol. The second kappa shape index (κ2) is 7.22. The molecule has 1 N–H and O–H groups in total. The van der Waals surface area contributed by atoms with E-state index in [2.05, 4.69) is 12.6 Å². The Labute approximate surface area is 141 Å². The van der Waals surface area contributed by atoms with E-state index >= 15 is 0 Å². The average molecular weight is 330 g/mol. The highest BCUT2D eigenvalue weighted by Crippen LogP contribution is 2.33. The highest BCUT2D eigenvalue weighted by molar-refractivity contribution is 8.00. The molecule has 0 saturated carbocycles. The fourth-order valence-corrected chi connectivity index (χ4v) is 3.41. The first-order valence-electron chi connectivity index (χ1n) is 8.97. The molecule has 114 valence electrons. The van der Waals surface area contributed by atoms with Crippen molar-refractivity contribution < 1.29 is 21.5 Å². The molecule has 0 radical (unpaired) electrons. The standard InChI is InChI=1S/C15H19NO3S2/c1-10(9-20)14(17)16-8-12(7-13(16)15(18)19)21-11-5-3-2-4-6-11/h2-6,10,12-13,20H,7-9H2,1H3,(H,18,19)/t10-,12+,13+/m0/s1/i2D,3D,4D,5D,6D. The summed E-state index contributed by atoms with van der Waals surface area (Å²) in [5, 5.41) is 9.04. The number of carboxylic acids is 1. The molecule has 1 aromatic rings. The Morgan fingerprint density at radius 1 is 1.52 bits per heavy atom. The molecule has 1 saturated heterocycles. The largest absolute Gasteiger partial charge is 0.480 e. The van der Waals surface area contributed by atoms with Crippen LogP contribution in [0.25, 0.3) is 0 Å². The van der Waals surface area contributed by atoms with Gasteiger partial charge in [-0.3, -0.25) is 4.79 Å². The molecule has 4 nitrogen and oxygen atoms in total. The van der Waals surface area contributed by atoms with Gasteiger partial charge in [0.15, 0.2) is 0 Å². The highest BCUT2D eigenvalue weighted by Gasteiger charge is 2.40. The molecule has 21 heavy (non-hydrogen) atoms. The van der Waals surface area contributed by atoms with E-state index in [1.54, 1.807) is 6.92 Å². The molecule has 1 aromatic carbocycles. The van der Waals surface area contributed by atoms with E-state index in [0.29, 0.717) is 5.75 Å². The number of carboxylic acid groups (broad SMARTS) is 1. The maximum atomic E-state index is 12.4. The van der Waals surface area contributed by atoms with Gasteiger partial charge in [0.2, 0.25) is 5.91 Å². The van der Waals surface area contributed by atoms with Crippen LogP contribution in [0.15, 0.2) is 35.1 Å². The number of benzene rings is 1. The quantitative estimate of drug-likeness (QED) is 0.814. The Morgan fingerprint density at radius 2 is 2.19 bits per heavy atom. The van der Waals surface area contributed by atoms with Crippen LogP contribution in [-0.2, 0) is 9.59 Å². The minimum Gasteiger partial charge on any atom is -0.480 e. The Kier molecular flexibility index (Phi) is 3.63. The number of thioether (sulfide) groups is 1. The molecule has 1 amide bonds. The Morgan fingerprint density at radius 3 is 2.76 bits per heavy atom. The summed E-state index contributed by atoms with van der Waals surface area (Å²) < 4.78 is 39.0. The fourth-order valence-electron chi connectivity index (χ4n) is 2.19. The van der Waals surface area contributed by atoms with Gasteiger partial charge < -0.3 is 10.0 Å². The van der Waals surface area contributed by atoms with Crippen LogP contribution in [0.4, 0.5) is 0 Å². The van der Waals surface area contributed by atoms with E-state index < -0.39 is 36.1 Å². The zero-order valence-electron chi connectivity index (χ0n) is 16.4. The van der Waals surface area contributed by atoms with Crippen LogP contribution >= 0.6 is 24.4 Å². The molecule has 2 rings (SSSR count). The van der Waals surface area contributed by atoms with Crippen LogP contribution in [0.1, 0.15) is 20.2 Å². The van der Waals surface area contributed by atoms with E-state index in [1.807, 2.05) is 0 Å². The lowest BCUT2D eigenvalue weighted by molar-refractivity contribution is -0.149. The van der Waals surface area contributed by atoms with Gasteiger partial charge >= 0.3 is 5.97 Å². The van der Waals surface area contributed by atoms with Gasteiger partial charge in [0, 0.05) is 28.4 Å². The average Bonchev–Trinajstić information content (AvgIpc) is 3.04. The summed E-state index contributed by atoms with van der Waals surface area (Å²) in [7, 11) is 0. The first-order valence-corrected chi connectivity index (χ1v) is 7.99. The number of hydrogen-bond acceptors (Lipinski definition) is 4. The van der Waals surface area contributed by atoms with Gasteiger partial charge in [0.25, 0.3) is 0 Å². The Hall–Kier alpha value is -1.14. The summed E-state index contributed by atoms with van der Waals surface area (Å²) >= 11 is 5.11. The van der Waals surface area contributed by atoms with Crippen molar-refractivity contribution in [2.45, 2.75) is 29.5 Å². The summed E-state index contributed by atoms with van der Waals surface area (Å²) in [5.41, 5.74) is 0. The van der Waals surface area contributed by atoms with Gasteiger partial charge in [0.1, 0.15) is 6.04 Å². The number of hydrogen-bond donors (Lipinski definition) is 2. The third-order valence-corrected chi connectivity index (χ3v) is 4.95. The SMILES string of the molecule is [2H]c1c([2H])c([2H])c(S[C@@H]2C[C@H](C(=O)O)N(C(=O)[C@@H](C)CS)C2)c([2H])c1[2H]. The van der Waals surface area contributed by atoms with Crippen LogP contribution in [0.3, 0.4) is 0 Å². The number of carbonyl (C=O) groups is 2. The van der Waals surface area contributed by atoms with Gasteiger partial charge in [-0.15, -0.1) is 11.8 Å². The third-order valence-electron chi connectivity index (χ3n) is 3.29. The first kappa shape index (κ1) is 10.6. The van der Waals surface area contributed by atoms with Crippen molar-refractivity contribution in [1.82, 2.24) is 4.90 Å². The van der Waals surface area contributed by atoms with Crippen molar-refractivity contribution in [3.8, 4) is 0 Å². The lowest BCUT2D eigenvalue weighted by atomic mass is 10.1. The number of thiol groups is 1. The number of carbonyl (C=O) groups excluding carboxylic acids is 1. The minimum atomic E-state index is -1.12. The molecular formula is C15H19NO3S2. The second-order valence-corrected chi connectivity index (χ2v) is 6.53. The molecular weight excluding hydrogens is 306 g/mol. The molecule has 0 bridgehead atoms. The van der Waals surface area contributed by atoms with Crippen LogP contribution in [0, 0.1) is 5.92 Å². The van der Waals surface area contributed by atoms with Crippen molar-refractivity contribution in [2.24, 2.45) is 5.92 Å². The second-order valence-electron chi connectivity index (χ2n) is 4.86. The predicted octanol–water partition coefficient (Wildman–Crippen LogP) is 2.40. The normalized spacial score (nSPS) is 26.4. The Balaban J connectivity index is 2.30. The van der Waals surface area contributed by atoms with Gasteiger partial charge in [-0.1, -0.05) is 25.1 Å². The van der Waals surface area contributed by atoms with Crippen molar-refractivity contribution in [3.05, 3.63) is 30.2 Å². The van der Waals surface area contributed by atoms with Crippen molar-refractivity contribution in [3.63, 3.8) is 0 Å². The first-order chi connectivity index (χ1) is 12.1. The van der Waals surface area contributed by atoms with Crippen molar-refractivity contribution in [1.29, 1.82) is 0 Å². The zero-order chi connectivity index (χ0) is 19.8. The molecule has 6 heteroatoms. The lowest BCUT2D eigenvalue weighted by Crippen LogP contribution is -2.43. The van der Waals surface area contributed by atoms with Crippen LogP contribution in [0.2, 0.25) is 0 Å². The monoisotopic (exact) mass is 330 g/mol. The number of nitrogens with zero attached hydrogens (tertiary/aromatic N) is 1. The van der Waals surface area contributed by atoms with Crippen LogP contribution < -0.4 is 0 Å². The summed E-state index contributed by atoms with van der Waals surface area (Å²) in [6.45, 7) is 1.81. The van der Waals surface area contributed by atoms with Crippen LogP contribution in [0.5, 0.6) is 0 Å². The maximum Gasteiger partial charge on any atom is 0.326 e. The molecule has 1 heterocycles. The molecule has 0 aromatic heterocycles. The number of amides is 1. The van der Waals surface area contributed by atoms with Gasteiger partial charge in [0.05, 0.1) is 6.85 Å². The number of likely N-dealkylation sites (tertiary alicyclic amines) is 1. The lowest BCUT2D eigenvalue weighted by Gasteiger charge is -2.24. The summed E-state index contributed by atoms with van der Waals surface area (Å²) in [6, 6.07) is -2.97. The Bertz CT molecular complexity index is 719. The molecule has 0 unspecified atom stereocenters. The molecule has 1 aliphatic rings. The molecule has 1 aliphatic heterocycles. The van der Waals surface area contributed by atoms with E-state index in [9.17, 15) is 14.7 Å². The summed E-state index contributed by atoms with van der Waals surface area (Å²) in [5.74, 6) is -1.56. The zero-order valence-corrected chi connectivity index (χ0v) is 13.1. The van der Waals surface area contributed by atoms with E-state index in [0.717, 1.165) is 11.8 Å². The summed E-state index contributed by atoms with van der Waals surface area (Å²) in [6.07, 6.45) is 0.146. The van der Waals surface area contributed by atoms with Gasteiger partial charge in [-0.2, -0.15) is 12.6 Å². The highest BCUT2D eigenvalue weighted by atomic mass is 32.2. The third kappa shape index (κ3) is 3.95. The van der Waals surface area contributed by atoms with Crippen LogP contribution in [-0.4, -0.2) is 45.5 Å². The van der Waals surface area contributed by atoms with Crippen molar-refractivity contribution in [2.75, 3.05) is 12.3 Å². The van der Waals surface area contributed by atoms with Crippen molar-refractivity contribution >= 4 is 36.3 Å². The van der Waals surface area contributed by atoms with E-state index in [-0.39, 0.29) is 41.1 Å². The van der Waals surface area contributed by atoms with Gasteiger partial charge in [-0.05, 0) is 18.5 Å². The molecule has 1 fully saturated rings. The van der Waals surface area contributed by atoms with E-state index in [4.69, 9.17) is 6.85 Å². The smallest absolute Gasteiger partial charge is 0.326 e. The van der Waals surface area contributed by atoms with Gasteiger partial charge in [-0.25, -0.2) is 4.79 Å². The number of aliphatic carboxylic acids is 1. The minimum absolute atomic E-state index is 0.0710. The molecule has 0 aliphatic carbocycles. The maximum absolute atomic E-state index is 12.4. The number of rotatable bonds is 5. The van der Waals surface area contributed by atoms with E-state index in [1.165, 1.54) is 4.90 Å². The molecule has 3 atom stereocenters. The summed E-state index contributed by atoms with van der Waals surface area (Å²) in [4.78, 5) is 25.3. The topological polar surface area (TPSA) is 57.6 Å². The molecule has 0 spiro atoms. The fraction of sp³-hybridized carbons (Fsp3) is 0.467.